The molecule has 0 bridgehead atoms. The number of sulfonamides is 1. The van der Waals surface area contributed by atoms with Gasteiger partial charge in [-0.1, -0.05) is 42.5 Å². The second-order valence-corrected chi connectivity index (χ2v) is 9.92. The van der Waals surface area contributed by atoms with Gasteiger partial charge < -0.3 is 4.90 Å². The van der Waals surface area contributed by atoms with E-state index in [9.17, 15) is 13.2 Å². The number of hydrogen-bond donors (Lipinski definition) is 2. The van der Waals surface area contributed by atoms with Gasteiger partial charge in [-0.2, -0.15) is 4.31 Å². The van der Waals surface area contributed by atoms with Crippen molar-refractivity contribution < 1.29 is 13.2 Å². The topological polar surface area (TPSA) is 81.8 Å². The summed E-state index contributed by atoms with van der Waals surface area (Å²) >= 11 is 0. The van der Waals surface area contributed by atoms with E-state index in [0.717, 1.165) is 16.7 Å². The van der Waals surface area contributed by atoms with E-state index in [2.05, 4.69) is 10.9 Å². The summed E-state index contributed by atoms with van der Waals surface area (Å²) in [4.78, 5) is 15.3. The van der Waals surface area contributed by atoms with Crippen molar-refractivity contribution in [3.8, 4) is 0 Å². The molecule has 2 saturated heterocycles. The Kier molecular flexibility index (Phi) is 5.92. The number of nitrogens with zero attached hydrogens (tertiary/aromatic N) is 2. The van der Waals surface area contributed by atoms with Gasteiger partial charge in [-0.3, -0.25) is 10.2 Å². The van der Waals surface area contributed by atoms with Crippen LogP contribution in [0.25, 0.3) is 0 Å². The molecule has 2 aliphatic heterocycles. The molecule has 2 aromatic rings. The van der Waals surface area contributed by atoms with E-state index in [1.165, 1.54) is 4.31 Å². The molecule has 0 spiro atoms. The Morgan fingerprint density at radius 1 is 1.00 bits per heavy atom. The summed E-state index contributed by atoms with van der Waals surface area (Å²) in [7, 11) is -3.57. The first-order chi connectivity index (χ1) is 14.4. The molecule has 0 saturated carbocycles. The first-order valence-corrected chi connectivity index (χ1v) is 11.7. The summed E-state index contributed by atoms with van der Waals surface area (Å²) in [6.07, 6.45) is 0. The molecule has 2 unspecified atom stereocenters. The van der Waals surface area contributed by atoms with Crippen LogP contribution in [0.2, 0.25) is 0 Å². The van der Waals surface area contributed by atoms with Crippen molar-refractivity contribution in [2.75, 3.05) is 32.7 Å². The van der Waals surface area contributed by atoms with Crippen LogP contribution in [0.4, 0.5) is 0 Å². The minimum Gasteiger partial charge on any atom is -0.340 e. The molecular formula is C22H28N4O3S. The largest absolute Gasteiger partial charge is 0.340 e. The molecule has 0 aliphatic carbocycles. The molecule has 2 atom stereocenters. The number of carbonyl (C=O) groups excluding carboxylic acids is 1. The first kappa shape index (κ1) is 21.0. The molecule has 4 rings (SSSR count). The Hall–Kier alpha value is -2.26. The third-order valence-corrected chi connectivity index (χ3v) is 8.01. The predicted octanol–water partition coefficient (Wildman–Crippen LogP) is 1.60. The number of hydrogen-bond acceptors (Lipinski definition) is 5. The summed E-state index contributed by atoms with van der Waals surface area (Å²) in [5, 5.41) is 0. The zero-order valence-electron chi connectivity index (χ0n) is 17.3. The number of benzene rings is 2. The average molecular weight is 429 g/mol. The van der Waals surface area contributed by atoms with Crippen molar-refractivity contribution >= 4 is 15.9 Å². The van der Waals surface area contributed by atoms with E-state index in [-0.39, 0.29) is 17.9 Å². The van der Waals surface area contributed by atoms with Crippen LogP contribution in [0.3, 0.4) is 0 Å². The second-order valence-electron chi connectivity index (χ2n) is 8.02. The molecule has 160 valence electrons. The second kappa shape index (κ2) is 8.47. The van der Waals surface area contributed by atoms with Crippen LogP contribution in [0.1, 0.15) is 22.7 Å². The van der Waals surface area contributed by atoms with Crippen LogP contribution < -0.4 is 10.9 Å². The fourth-order valence-corrected chi connectivity index (χ4v) is 5.94. The van der Waals surface area contributed by atoms with Crippen LogP contribution in [-0.4, -0.2) is 56.3 Å². The molecule has 2 aromatic carbocycles. The van der Waals surface area contributed by atoms with Crippen molar-refractivity contribution in [1.82, 2.24) is 20.1 Å². The van der Waals surface area contributed by atoms with E-state index in [1.807, 2.05) is 56.3 Å². The minimum atomic E-state index is -3.57. The highest BCUT2D eigenvalue weighted by Crippen LogP contribution is 2.28. The van der Waals surface area contributed by atoms with E-state index in [1.54, 1.807) is 11.0 Å². The molecule has 2 fully saturated rings. The summed E-state index contributed by atoms with van der Waals surface area (Å²) in [6.45, 7) is 5.69. The summed E-state index contributed by atoms with van der Waals surface area (Å²) < 4.78 is 27.8. The Balaban J connectivity index is 1.44. The third-order valence-electron chi connectivity index (χ3n) is 5.97. The molecular weight excluding hydrogens is 400 g/mol. The fourth-order valence-electron chi connectivity index (χ4n) is 4.21. The van der Waals surface area contributed by atoms with Crippen LogP contribution >= 0.6 is 0 Å². The molecule has 0 radical (unpaired) electrons. The fraction of sp³-hybridized carbons (Fsp3) is 0.409. The summed E-state index contributed by atoms with van der Waals surface area (Å²) in [5.74, 6) is -0.153. The number of aryl methyl sites for hydroxylation is 2. The number of piperazine rings is 1. The molecule has 1 amide bonds. The predicted molar refractivity (Wildman–Crippen MR) is 115 cm³/mol. The number of carbonyl (C=O) groups is 1. The Bertz CT molecular complexity index is 1020. The molecule has 2 heterocycles. The lowest BCUT2D eigenvalue weighted by Gasteiger charge is -2.36. The molecule has 2 aliphatic rings. The molecule has 8 heteroatoms. The Morgan fingerprint density at radius 3 is 2.40 bits per heavy atom. The lowest BCUT2D eigenvalue weighted by Crippen LogP contribution is -2.52. The van der Waals surface area contributed by atoms with Crippen molar-refractivity contribution in [3.63, 3.8) is 0 Å². The smallest absolute Gasteiger partial charge is 0.243 e. The van der Waals surface area contributed by atoms with Gasteiger partial charge in [0.15, 0.2) is 0 Å². The normalized spacial score (nSPS) is 22.9. The summed E-state index contributed by atoms with van der Waals surface area (Å²) in [5.41, 5.74) is 9.04. The molecule has 0 aromatic heterocycles. The SMILES string of the molecule is Cc1ccc(C)c(S(=O)(=O)N2CCN(C(=O)C3CNNC3c3ccccc3)CC2)c1. The van der Waals surface area contributed by atoms with Crippen molar-refractivity contribution in [1.29, 1.82) is 0 Å². The maximum atomic E-state index is 13.2. The van der Waals surface area contributed by atoms with Crippen molar-refractivity contribution in [3.05, 3.63) is 65.2 Å². The Labute approximate surface area is 178 Å². The highest BCUT2D eigenvalue weighted by Gasteiger charge is 2.38. The zero-order valence-corrected chi connectivity index (χ0v) is 18.2. The van der Waals surface area contributed by atoms with Gasteiger partial charge in [-0.05, 0) is 36.6 Å². The molecule has 2 N–H and O–H groups in total. The zero-order chi connectivity index (χ0) is 21.3. The van der Waals surface area contributed by atoms with Gasteiger partial charge in [0.1, 0.15) is 0 Å². The van der Waals surface area contributed by atoms with Gasteiger partial charge in [0.05, 0.1) is 16.9 Å². The van der Waals surface area contributed by atoms with E-state index < -0.39 is 10.0 Å². The lowest BCUT2D eigenvalue weighted by atomic mass is 9.93. The maximum Gasteiger partial charge on any atom is 0.243 e. The highest BCUT2D eigenvalue weighted by molar-refractivity contribution is 7.89. The van der Waals surface area contributed by atoms with Gasteiger partial charge in [0.25, 0.3) is 0 Å². The lowest BCUT2D eigenvalue weighted by molar-refractivity contribution is -0.136. The monoisotopic (exact) mass is 428 g/mol. The number of nitrogens with one attached hydrogen (secondary N) is 2. The van der Waals surface area contributed by atoms with Gasteiger partial charge in [-0.15, -0.1) is 0 Å². The van der Waals surface area contributed by atoms with Crippen molar-refractivity contribution in [2.45, 2.75) is 24.8 Å². The van der Waals surface area contributed by atoms with Crippen LogP contribution in [-0.2, 0) is 14.8 Å². The quantitative estimate of drug-likeness (QED) is 0.773. The third kappa shape index (κ3) is 4.00. The van der Waals surface area contributed by atoms with Gasteiger partial charge >= 0.3 is 0 Å². The van der Waals surface area contributed by atoms with E-state index >= 15 is 0 Å². The first-order valence-electron chi connectivity index (χ1n) is 10.3. The molecule has 7 nitrogen and oxygen atoms in total. The number of amides is 1. The number of rotatable bonds is 4. The highest BCUT2D eigenvalue weighted by atomic mass is 32.2. The Morgan fingerprint density at radius 2 is 1.70 bits per heavy atom. The van der Waals surface area contributed by atoms with E-state index in [0.29, 0.717) is 37.6 Å². The van der Waals surface area contributed by atoms with Gasteiger partial charge in [0, 0.05) is 32.7 Å². The minimum absolute atomic E-state index is 0.0603. The van der Waals surface area contributed by atoms with Crippen molar-refractivity contribution in [2.24, 2.45) is 5.92 Å². The van der Waals surface area contributed by atoms with Gasteiger partial charge in [0.2, 0.25) is 15.9 Å². The van der Waals surface area contributed by atoms with Gasteiger partial charge in [-0.25, -0.2) is 13.8 Å². The standard InChI is InChI=1S/C22H28N4O3S/c1-16-8-9-17(2)20(14-16)30(28,29)26-12-10-25(11-13-26)22(27)19-15-23-24-21(19)18-6-4-3-5-7-18/h3-9,14,19,21,23-24H,10-13,15H2,1-2H3. The number of hydrazine groups is 1. The van der Waals surface area contributed by atoms with E-state index in [4.69, 9.17) is 0 Å². The maximum absolute atomic E-state index is 13.2. The molecule has 30 heavy (non-hydrogen) atoms. The average Bonchev–Trinajstić information content (AvgIpc) is 3.25. The van der Waals surface area contributed by atoms with Crippen LogP contribution in [0.15, 0.2) is 53.4 Å². The van der Waals surface area contributed by atoms with Crippen LogP contribution in [0, 0.1) is 19.8 Å². The summed E-state index contributed by atoms with van der Waals surface area (Å²) in [6, 6.07) is 15.3. The van der Waals surface area contributed by atoms with Crippen LogP contribution in [0.5, 0.6) is 0 Å².